The molecule has 24 heavy (non-hydrogen) atoms. The van der Waals surface area contributed by atoms with Crippen molar-refractivity contribution in [2.24, 2.45) is 0 Å². The summed E-state index contributed by atoms with van der Waals surface area (Å²) in [6, 6.07) is 0. The average molecular weight is 361 g/mol. The van der Waals surface area contributed by atoms with E-state index in [4.69, 9.17) is 13.9 Å². The molecule has 0 aliphatic rings. The number of hydrogen-bond acceptors (Lipinski definition) is 4. The summed E-state index contributed by atoms with van der Waals surface area (Å²) in [6.45, 7) is 17.5. The maximum atomic E-state index is 10.1. The van der Waals surface area contributed by atoms with Crippen molar-refractivity contribution in [2.75, 3.05) is 13.9 Å². The van der Waals surface area contributed by atoms with E-state index in [1.165, 1.54) is 0 Å². The molecule has 0 unspecified atom stereocenters. The highest BCUT2D eigenvalue weighted by Gasteiger charge is 2.38. The van der Waals surface area contributed by atoms with E-state index in [1.807, 2.05) is 0 Å². The van der Waals surface area contributed by atoms with Crippen LogP contribution in [0.15, 0.2) is 12.7 Å². The van der Waals surface area contributed by atoms with Crippen molar-refractivity contribution >= 4 is 8.32 Å². The lowest BCUT2D eigenvalue weighted by Crippen LogP contribution is -2.43. The number of methoxy groups -OCH3 is 1. The van der Waals surface area contributed by atoms with Gasteiger partial charge in [-0.05, 0) is 37.9 Å². The summed E-state index contributed by atoms with van der Waals surface area (Å²) in [4.78, 5) is 0. The number of unbranched alkanes of at least 4 members (excludes halogenated alkanes) is 2. The van der Waals surface area contributed by atoms with Crippen molar-refractivity contribution in [1.29, 1.82) is 0 Å². The van der Waals surface area contributed by atoms with Gasteiger partial charge in [0.15, 0.2) is 8.32 Å². The van der Waals surface area contributed by atoms with Crippen LogP contribution in [0, 0.1) is 0 Å². The van der Waals surface area contributed by atoms with Gasteiger partial charge in [0.2, 0.25) is 0 Å². The monoisotopic (exact) mass is 360 g/mol. The molecular weight excluding hydrogens is 320 g/mol. The van der Waals surface area contributed by atoms with E-state index in [1.54, 1.807) is 13.2 Å². The van der Waals surface area contributed by atoms with Gasteiger partial charge in [0, 0.05) is 13.2 Å². The van der Waals surface area contributed by atoms with Crippen LogP contribution in [0.25, 0.3) is 0 Å². The molecule has 0 radical (unpaired) electrons. The fourth-order valence-electron chi connectivity index (χ4n) is 2.35. The first-order valence-corrected chi connectivity index (χ1v) is 12.0. The van der Waals surface area contributed by atoms with Crippen LogP contribution in [-0.4, -0.2) is 45.6 Å². The summed E-state index contributed by atoms with van der Waals surface area (Å²) in [5.41, 5.74) is 0. The number of aliphatic hydroxyl groups excluding tert-OH is 1. The van der Waals surface area contributed by atoms with E-state index < -0.39 is 14.4 Å². The molecule has 0 bridgehead atoms. The summed E-state index contributed by atoms with van der Waals surface area (Å²) < 4.78 is 16.6. The number of ether oxygens (including phenoxy) is 2. The van der Waals surface area contributed by atoms with Crippen LogP contribution in [-0.2, 0) is 13.9 Å². The van der Waals surface area contributed by atoms with Crippen LogP contribution < -0.4 is 0 Å². The smallest absolute Gasteiger partial charge is 0.192 e. The molecule has 0 heterocycles. The van der Waals surface area contributed by atoms with Crippen molar-refractivity contribution in [3.8, 4) is 0 Å². The second-order valence-corrected chi connectivity index (χ2v) is 12.9. The van der Waals surface area contributed by atoms with Gasteiger partial charge in [-0.25, -0.2) is 0 Å². The minimum atomic E-state index is -1.67. The number of rotatable bonds is 13. The number of aliphatic hydroxyl groups is 1. The minimum Gasteiger partial charge on any atom is -0.414 e. The molecule has 5 heteroatoms. The lowest BCUT2D eigenvalue weighted by Gasteiger charge is -2.38. The lowest BCUT2D eigenvalue weighted by atomic mass is 10.0. The van der Waals surface area contributed by atoms with E-state index in [9.17, 15) is 5.11 Å². The Morgan fingerprint density at radius 2 is 1.71 bits per heavy atom. The normalized spacial score (nSPS) is 16.7. The molecule has 0 saturated carbocycles. The van der Waals surface area contributed by atoms with Gasteiger partial charge in [-0.2, -0.15) is 0 Å². The largest absolute Gasteiger partial charge is 0.414 e. The molecule has 0 aliphatic heterocycles. The van der Waals surface area contributed by atoms with E-state index in [0.29, 0.717) is 6.10 Å². The molecule has 1 N–H and O–H groups in total. The second kappa shape index (κ2) is 11.4. The van der Waals surface area contributed by atoms with E-state index in [0.717, 1.165) is 32.1 Å². The second-order valence-electron chi connectivity index (χ2n) is 8.17. The van der Waals surface area contributed by atoms with Crippen LogP contribution in [0.5, 0.6) is 0 Å². The highest BCUT2D eigenvalue weighted by atomic mass is 28.4. The van der Waals surface area contributed by atoms with Crippen molar-refractivity contribution in [3.05, 3.63) is 12.7 Å². The zero-order chi connectivity index (χ0) is 18.8. The Bertz CT molecular complexity index is 339. The Morgan fingerprint density at radius 3 is 2.21 bits per heavy atom. The Balaban J connectivity index is 3.95. The Labute approximate surface area is 150 Å². The third-order valence-electron chi connectivity index (χ3n) is 4.90. The maximum Gasteiger partial charge on any atom is 0.192 e. The summed E-state index contributed by atoms with van der Waals surface area (Å²) in [6.07, 6.45) is 6.07. The molecule has 0 saturated heterocycles. The zero-order valence-electron chi connectivity index (χ0n) is 16.9. The van der Waals surface area contributed by atoms with E-state index >= 15 is 0 Å². The first-order chi connectivity index (χ1) is 11.0. The summed E-state index contributed by atoms with van der Waals surface area (Å²) in [5.74, 6) is 0. The molecule has 0 spiro atoms. The van der Waals surface area contributed by atoms with Crippen LogP contribution in [0.3, 0.4) is 0 Å². The summed E-state index contributed by atoms with van der Waals surface area (Å²) >= 11 is 0. The molecule has 0 amide bonds. The quantitative estimate of drug-likeness (QED) is 0.220. The average Bonchev–Trinajstić information content (AvgIpc) is 2.45. The highest BCUT2D eigenvalue weighted by molar-refractivity contribution is 6.74. The van der Waals surface area contributed by atoms with E-state index in [-0.39, 0.29) is 17.9 Å². The van der Waals surface area contributed by atoms with Crippen molar-refractivity contribution in [1.82, 2.24) is 0 Å². The van der Waals surface area contributed by atoms with E-state index in [2.05, 4.69) is 47.4 Å². The van der Waals surface area contributed by atoms with Crippen LogP contribution in [0.2, 0.25) is 18.1 Å². The topological polar surface area (TPSA) is 47.9 Å². The maximum absolute atomic E-state index is 10.1. The standard InChI is InChI=1S/C19H40O4Si/c1-9-18(22-15-21-6)17(20)14-12-10-11-13-16(2)23-24(7,8)19(3,4)5/h9,16-18,20H,1,10-15H2,2-8H3/t16-,17-,18-/m0/s1. The lowest BCUT2D eigenvalue weighted by molar-refractivity contribution is -0.0945. The summed E-state index contributed by atoms with van der Waals surface area (Å²) in [5, 5.41) is 10.4. The van der Waals surface area contributed by atoms with Crippen molar-refractivity contribution in [3.63, 3.8) is 0 Å². The molecule has 0 aromatic rings. The van der Waals surface area contributed by atoms with Gasteiger partial charge in [0.25, 0.3) is 0 Å². The molecule has 0 fully saturated rings. The predicted molar refractivity (Wildman–Crippen MR) is 104 cm³/mol. The molecule has 0 rings (SSSR count). The fraction of sp³-hybridized carbons (Fsp3) is 0.895. The molecule has 4 nitrogen and oxygen atoms in total. The first kappa shape index (κ1) is 23.8. The van der Waals surface area contributed by atoms with Gasteiger partial charge >= 0.3 is 0 Å². The third-order valence-corrected chi connectivity index (χ3v) is 9.51. The SMILES string of the molecule is C=C[C@H](OCOC)[C@@H](O)CCCCC[C@H](C)O[Si](C)(C)C(C)(C)C. The molecule has 0 aliphatic carbocycles. The highest BCUT2D eigenvalue weighted by Crippen LogP contribution is 2.37. The van der Waals surface area contributed by atoms with Gasteiger partial charge in [0.1, 0.15) is 12.9 Å². The molecule has 0 aromatic carbocycles. The van der Waals surface area contributed by atoms with Gasteiger partial charge < -0.3 is 19.0 Å². The van der Waals surface area contributed by atoms with Gasteiger partial charge in [-0.1, -0.05) is 46.1 Å². The minimum absolute atomic E-state index is 0.177. The molecule has 0 aromatic heterocycles. The number of hydrogen-bond donors (Lipinski definition) is 1. The predicted octanol–water partition coefficient (Wildman–Crippen LogP) is 4.88. The van der Waals surface area contributed by atoms with Crippen LogP contribution in [0.1, 0.15) is 59.8 Å². The van der Waals surface area contributed by atoms with Gasteiger partial charge in [-0.15, -0.1) is 6.58 Å². The molecule has 144 valence electrons. The Kier molecular flexibility index (Phi) is 11.3. The Morgan fingerprint density at radius 1 is 1.12 bits per heavy atom. The van der Waals surface area contributed by atoms with Gasteiger partial charge in [0.05, 0.1) is 6.10 Å². The third kappa shape index (κ3) is 9.32. The van der Waals surface area contributed by atoms with Gasteiger partial charge in [-0.3, -0.25) is 0 Å². The molecular formula is C19H40O4Si. The zero-order valence-corrected chi connectivity index (χ0v) is 17.9. The fourth-order valence-corrected chi connectivity index (χ4v) is 3.83. The summed E-state index contributed by atoms with van der Waals surface area (Å²) in [7, 11) is -0.0975. The van der Waals surface area contributed by atoms with Crippen LogP contribution >= 0.6 is 0 Å². The van der Waals surface area contributed by atoms with Crippen LogP contribution in [0.4, 0.5) is 0 Å². The Hall–Kier alpha value is -0.203. The molecule has 3 atom stereocenters. The van der Waals surface area contributed by atoms with Crippen molar-refractivity contribution < 1.29 is 19.0 Å². The first-order valence-electron chi connectivity index (χ1n) is 9.14. The van der Waals surface area contributed by atoms with Crippen molar-refractivity contribution in [2.45, 2.75) is 96.2 Å².